The third-order valence-electron chi connectivity index (χ3n) is 4.97. The lowest BCUT2D eigenvalue weighted by Crippen LogP contribution is -2.27. The molecule has 9 heteroatoms. The van der Waals surface area contributed by atoms with Gasteiger partial charge in [-0.15, -0.1) is 0 Å². The minimum atomic E-state index is -0.319. The number of pyridine rings is 1. The number of benzene rings is 1. The van der Waals surface area contributed by atoms with Crippen molar-refractivity contribution in [1.29, 1.82) is 0 Å². The van der Waals surface area contributed by atoms with E-state index in [9.17, 15) is 9.18 Å². The number of rotatable bonds is 6. The number of amides is 1. The minimum Gasteiger partial charge on any atom is -0.345 e. The van der Waals surface area contributed by atoms with Crippen LogP contribution in [0.15, 0.2) is 53.3 Å². The number of halogens is 1. The van der Waals surface area contributed by atoms with Crippen molar-refractivity contribution in [3.63, 3.8) is 0 Å². The van der Waals surface area contributed by atoms with Gasteiger partial charge in [0.05, 0.1) is 23.5 Å². The summed E-state index contributed by atoms with van der Waals surface area (Å²) in [6, 6.07) is 9.28. The zero-order valence-corrected chi connectivity index (χ0v) is 17.3. The Morgan fingerprint density at radius 1 is 1.26 bits per heavy atom. The predicted octanol–water partition coefficient (Wildman–Crippen LogP) is 3.82. The fourth-order valence-electron chi connectivity index (χ4n) is 3.15. The first-order valence-electron chi connectivity index (χ1n) is 9.86. The van der Waals surface area contributed by atoms with Crippen molar-refractivity contribution >= 4 is 5.91 Å². The molecule has 31 heavy (non-hydrogen) atoms. The molecule has 0 aliphatic heterocycles. The molecule has 0 aliphatic rings. The highest BCUT2D eigenvalue weighted by Crippen LogP contribution is 2.21. The zero-order valence-electron chi connectivity index (χ0n) is 17.3. The number of aryl methyl sites for hydroxylation is 1. The maximum absolute atomic E-state index is 13.1. The Morgan fingerprint density at radius 3 is 2.74 bits per heavy atom. The molecular formula is C22H21FN6O2. The molecule has 0 saturated heterocycles. The Hall–Kier alpha value is -3.88. The van der Waals surface area contributed by atoms with Crippen LogP contribution in [0.25, 0.3) is 17.3 Å². The summed E-state index contributed by atoms with van der Waals surface area (Å²) in [5.74, 6) is 0.952. The van der Waals surface area contributed by atoms with E-state index in [1.54, 1.807) is 42.1 Å². The Morgan fingerprint density at radius 2 is 2.03 bits per heavy atom. The molecular weight excluding hydrogens is 399 g/mol. The number of nitrogens with zero attached hydrogens (tertiary/aromatic N) is 5. The third-order valence-corrected chi connectivity index (χ3v) is 4.97. The molecule has 1 amide bonds. The lowest BCUT2D eigenvalue weighted by molar-refractivity contribution is 0.0939. The fraction of sp³-hybridized carbons (Fsp3) is 0.227. The summed E-state index contributed by atoms with van der Waals surface area (Å²) < 4.78 is 20.0. The van der Waals surface area contributed by atoms with Gasteiger partial charge in [0.25, 0.3) is 11.8 Å². The van der Waals surface area contributed by atoms with E-state index in [2.05, 4.69) is 25.5 Å². The lowest BCUT2D eigenvalue weighted by atomic mass is 10.1. The molecule has 8 nitrogen and oxygen atoms in total. The number of carbonyl (C=O) groups excluding carboxylic acids is 1. The molecule has 0 saturated carbocycles. The monoisotopic (exact) mass is 420 g/mol. The van der Waals surface area contributed by atoms with Crippen LogP contribution in [0.1, 0.15) is 47.3 Å². The van der Waals surface area contributed by atoms with Crippen molar-refractivity contribution in [2.24, 2.45) is 0 Å². The summed E-state index contributed by atoms with van der Waals surface area (Å²) in [6.07, 6.45) is 3.80. The Labute approximate surface area is 178 Å². The lowest BCUT2D eigenvalue weighted by Gasteiger charge is -2.14. The number of hydrogen-bond donors (Lipinski definition) is 1. The van der Waals surface area contributed by atoms with Crippen LogP contribution in [-0.2, 0) is 6.42 Å². The number of hydrogen-bond acceptors (Lipinski definition) is 6. The second kappa shape index (κ2) is 8.47. The highest BCUT2D eigenvalue weighted by molar-refractivity contribution is 5.95. The summed E-state index contributed by atoms with van der Waals surface area (Å²) >= 11 is 0. The van der Waals surface area contributed by atoms with E-state index < -0.39 is 0 Å². The highest BCUT2D eigenvalue weighted by Gasteiger charge is 2.19. The molecule has 1 aromatic carbocycles. The Kier molecular flexibility index (Phi) is 5.57. The Balaban J connectivity index is 1.56. The summed E-state index contributed by atoms with van der Waals surface area (Å²) in [4.78, 5) is 21.5. The molecule has 3 heterocycles. The molecule has 0 bridgehead atoms. The second-order valence-electron chi connectivity index (χ2n) is 7.07. The maximum atomic E-state index is 13.1. The quantitative estimate of drug-likeness (QED) is 0.509. The van der Waals surface area contributed by atoms with Crippen molar-refractivity contribution in [2.75, 3.05) is 0 Å². The first-order chi connectivity index (χ1) is 15.0. The summed E-state index contributed by atoms with van der Waals surface area (Å²) in [7, 11) is 0. The van der Waals surface area contributed by atoms with E-state index in [0.717, 1.165) is 5.56 Å². The van der Waals surface area contributed by atoms with Gasteiger partial charge in [0.2, 0.25) is 0 Å². The van der Waals surface area contributed by atoms with Crippen LogP contribution in [0.2, 0.25) is 0 Å². The average molecular weight is 420 g/mol. The van der Waals surface area contributed by atoms with Gasteiger partial charge in [-0.1, -0.05) is 24.2 Å². The number of carbonyl (C=O) groups is 1. The van der Waals surface area contributed by atoms with Crippen molar-refractivity contribution in [1.82, 2.24) is 30.2 Å². The van der Waals surface area contributed by atoms with Gasteiger partial charge in [-0.05, 0) is 43.7 Å². The van der Waals surface area contributed by atoms with E-state index >= 15 is 0 Å². The molecule has 0 radical (unpaired) electrons. The SMILES string of the molecule is CCc1noc(-c2ccnc(-n3ncc(C(=O)N[C@@H](C)c4ccc(F)cc4)c3C)c2)n1. The van der Waals surface area contributed by atoms with Crippen molar-refractivity contribution in [3.05, 3.63) is 77.3 Å². The first kappa shape index (κ1) is 20.4. The second-order valence-corrected chi connectivity index (χ2v) is 7.07. The summed E-state index contributed by atoms with van der Waals surface area (Å²) in [6.45, 7) is 5.58. The summed E-state index contributed by atoms with van der Waals surface area (Å²) in [5, 5.41) is 11.2. The summed E-state index contributed by atoms with van der Waals surface area (Å²) in [5.41, 5.74) is 2.57. The normalized spacial score (nSPS) is 12.0. The number of aromatic nitrogens is 5. The smallest absolute Gasteiger partial charge is 0.258 e. The van der Waals surface area contributed by atoms with Gasteiger partial charge in [0.1, 0.15) is 5.82 Å². The van der Waals surface area contributed by atoms with Crippen molar-refractivity contribution < 1.29 is 13.7 Å². The average Bonchev–Trinajstić information content (AvgIpc) is 3.41. The molecule has 0 spiro atoms. The van der Waals surface area contributed by atoms with Gasteiger partial charge < -0.3 is 9.84 Å². The molecule has 0 unspecified atom stereocenters. The number of nitrogens with one attached hydrogen (secondary N) is 1. The molecule has 3 aromatic heterocycles. The molecule has 4 rings (SSSR count). The molecule has 1 N–H and O–H groups in total. The maximum Gasteiger partial charge on any atom is 0.258 e. The van der Waals surface area contributed by atoms with Crippen LogP contribution in [0.5, 0.6) is 0 Å². The highest BCUT2D eigenvalue weighted by atomic mass is 19.1. The van der Waals surface area contributed by atoms with Crippen molar-refractivity contribution in [3.8, 4) is 17.3 Å². The van der Waals surface area contributed by atoms with E-state index in [1.807, 2.05) is 13.8 Å². The predicted molar refractivity (Wildman–Crippen MR) is 111 cm³/mol. The van der Waals surface area contributed by atoms with Crippen LogP contribution >= 0.6 is 0 Å². The minimum absolute atomic E-state index is 0.277. The van der Waals surface area contributed by atoms with Crippen LogP contribution in [0.4, 0.5) is 4.39 Å². The van der Waals surface area contributed by atoms with Crippen LogP contribution in [0.3, 0.4) is 0 Å². The van der Waals surface area contributed by atoms with Crippen molar-refractivity contribution in [2.45, 2.75) is 33.2 Å². The molecule has 0 fully saturated rings. The van der Waals surface area contributed by atoms with Crippen LogP contribution < -0.4 is 5.32 Å². The van der Waals surface area contributed by atoms with E-state index in [-0.39, 0.29) is 17.8 Å². The zero-order chi connectivity index (χ0) is 22.0. The third kappa shape index (κ3) is 4.20. The Bertz CT molecular complexity index is 1210. The molecule has 4 aromatic rings. The van der Waals surface area contributed by atoms with Gasteiger partial charge in [-0.3, -0.25) is 4.79 Å². The van der Waals surface area contributed by atoms with Gasteiger partial charge in [0, 0.05) is 18.2 Å². The van der Waals surface area contributed by atoms with Crippen LogP contribution in [0, 0.1) is 12.7 Å². The van der Waals surface area contributed by atoms with E-state index in [4.69, 9.17) is 4.52 Å². The van der Waals surface area contributed by atoms with E-state index in [0.29, 0.717) is 40.8 Å². The van der Waals surface area contributed by atoms with Gasteiger partial charge in [-0.2, -0.15) is 10.1 Å². The largest absolute Gasteiger partial charge is 0.345 e. The molecule has 1 atom stereocenters. The topological polar surface area (TPSA) is 98.7 Å². The van der Waals surface area contributed by atoms with Gasteiger partial charge in [0.15, 0.2) is 11.6 Å². The molecule has 158 valence electrons. The first-order valence-corrected chi connectivity index (χ1v) is 9.86. The van der Waals surface area contributed by atoms with E-state index in [1.165, 1.54) is 18.3 Å². The molecule has 0 aliphatic carbocycles. The van der Waals surface area contributed by atoms with Crippen LogP contribution in [-0.4, -0.2) is 30.8 Å². The standard InChI is InChI=1S/C22H21FN6O2/c1-4-19-27-22(31-28-19)16-9-10-24-20(11-16)29-14(3)18(12-25-29)21(30)26-13(2)15-5-7-17(23)8-6-15/h5-13H,4H2,1-3H3,(H,26,30)/t13-/m0/s1. The van der Waals surface area contributed by atoms with Gasteiger partial charge in [-0.25, -0.2) is 14.1 Å². The van der Waals surface area contributed by atoms with Gasteiger partial charge >= 0.3 is 0 Å². The fourth-order valence-corrected chi connectivity index (χ4v) is 3.15.